The van der Waals surface area contributed by atoms with Crippen LogP contribution < -0.4 is 5.32 Å². The highest BCUT2D eigenvalue weighted by atomic mass is 35.5. The van der Waals surface area contributed by atoms with Crippen molar-refractivity contribution in [3.05, 3.63) is 34.9 Å². The average molecular weight is 270 g/mol. The lowest BCUT2D eigenvalue weighted by atomic mass is 10.0. The molecule has 0 aliphatic carbocycles. The lowest BCUT2D eigenvalue weighted by Gasteiger charge is -2.19. The zero-order valence-electron chi connectivity index (χ0n) is 10.8. The molecule has 0 saturated heterocycles. The normalized spacial score (nSPS) is 14.0. The predicted octanol–water partition coefficient (Wildman–Crippen LogP) is 2.41. The molecule has 0 spiro atoms. The minimum Gasteiger partial charge on any atom is -0.396 e. The van der Waals surface area contributed by atoms with Gasteiger partial charge in [0, 0.05) is 24.1 Å². The summed E-state index contributed by atoms with van der Waals surface area (Å²) < 4.78 is 0. The van der Waals surface area contributed by atoms with Crippen molar-refractivity contribution in [1.82, 2.24) is 5.32 Å². The Labute approximate surface area is 113 Å². The second kappa shape index (κ2) is 7.39. The molecule has 2 atom stereocenters. The van der Waals surface area contributed by atoms with Gasteiger partial charge in [-0.05, 0) is 30.9 Å². The fourth-order valence-electron chi connectivity index (χ4n) is 1.58. The molecule has 0 aliphatic rings. The van der Waals surface area contributed by atoms with Crippen molar-refractivity contribution >= 4 is 17.5 Å². The van der Waals surface area contributed by atoms with Crippen molar-refractivity contribution in [1.29, 1.82) is 0 Å². The summed E-state index contributed by atoms with van der Waals surface area (Å²) in [5.41, 5.74) is 0.983. The number of benzene rings is 1. The molecule has 0 saturated carbocycles. The Kier molecular flexibility index (Phi) is 6.16. The number of halogens is 1. The molecular weight excluding hydrogens is 250 g/mol. The van der Waals surface area contributed by atoms with Gasteiger partial charge in [0.15, 0.2) is 0 Å². The van der Waals surface area contributed by atoms with Gasteiger partial charge in [-0.2, -0.15) is 0 Å². The van der Waals surface area contributed by atoms with E-state index in [0.717, 1.165) is 5.56 Å². The first kappa shape index (κ1) is 15.0. The maximum Gasteiger partial charge on any atom is 0.220 e. The highest BCUT2D eigenvalue weighted by molar-refractivity contribution is 6.31. The van der Waals surface area contributed by atoms with Gasteiger partial charge in [0.1, 0.15) is 0 Å². The molecule has 0 fully saturated rings. The highest BCUT2D eigenvalue weighted by Crippen LogP contribution is 2.16. The first-order chi connectivity index (χ1) is 8.54. The van der Waals surface area contributed by atoms with Gasteiger partial charge in [-0.15, -0.1) is 0 Å². The summed E-state index contributed by atoms with van der Waals surface area (Å²) in [6.07, 6.45) is 1.04. The van der Waals surface area contributed by atoms with Gasteiger partial charge in [0.05, 0.1) is 0 Å². The smallest absolute Gasteiger partial charge is 0.220 e. The van der Waals surface area contributed by atoms with Crippen LogP contribution in [0.5, 0.6) is 0 Å². The van der Waals surface area contributed by atoms with E-state index in [-0.39, 0.29) is 24.5 Å². The SMILES string of the molecule is CC(CO)C(C)NC(=O)CCc1ccccc1Cl. The number of carbonyl (C=O) groups is 1. The van der Waals surface area contributed by atoms with Crippen LogP contribution in [0.25, 0.3) is 0 Å². The summed E-state index contributed by atoms with van der Waals surface area (Å²) >= 11 is 6.02. The van der Waals surface area contributed by atoms with Gasteiger partial charge < -0.3 is 10.4 Å². The van der Waals surface area contributed by atoms with E-state index in [1.165, 1.54) is 0 Å². The predicted molar refractivity (Wildman–Crippen MR) is 73.6 cm³/mol. The van der Waals surface area contributed by atoms with Gasteiger partial charge in [0.2, 0.25) is 5.91 Å². The third-order valence-corrected chi connectivity index (χ3v) is 3.48. The zero-order chi connectivity index (χ0) is 13.5. The lowest BCUT2D eigenvalue weighted by molar-refractivity contribution is -0.122. The summed E-state index contributed by atoms with van der Waals surface area (Å²) in [6.45, 7) is 3.87. The van der Waals surface area contributed by atoms with E-state index in [0.29, 0.717) is 17.9 Å². The van der Waals surface area contributed by atoms with Crippen LogP contribution in [0.2, 0.25) is 5.02 Å². The Morgan fingerprint density at radius 1 is 1.39 bits per heavy atom. The maximum atomic E-state index is 11.7. The van der Waals surface area contributed by atoms with Crippen molar-refractivity contribution in [2.75, 3.05) is 6.61 Å². The largest absolute Gasteiger partial charge is 0.396 e. The summed E-state index contributed by atoms with van der Waals surface area (Å²) in [5, 5.41) is 12.6. The molecule has 2 unspecified atom stereocenters. The van der Waals surface area contributed by atoms with Crippen molar-refractivity contribution < 1.29 is 9.90 Å². The minimum absolute atomic E-state index is 0.0114. The van der Waals surface area contributed by atoms with Gasteiger partial charge in [-0.3, -0.25) is 4.79 Å². The Hall–Kier alpha value is -1.06. The van der Waals surface area contributed by atoms with Crippen molar-refractivity contribution in [2.24, 2.45) is 5.92 Å². The van der Waals surface area contributed by atoms with Crippen LogP contribution in [0, 0.1) is 5.92 Å². The van der Waals surface area contributed by atoms with Crippen LogP contribution in [-0.4, -0.2) is 23.7 Å². The van der Waals surface area contributed by atoms with Crippen LogP contribution in [0.4, 0.5) is 0 Å². The lowest BCUT2D eigenvalue weighted by Crippen LogP contribution is -2.38. The van der Waals surface area contributed by atoms with E-state index in [1.807, 2.05) is 38.1 Å². The van der Waals surface area contributed by atoms with Crippen molar-refractivity contribution in [2.45, 2.75) is 32.7 Å². The Morgan fingerprint density at radius 2 is 2.06 bits per heavy atom. The van der Waals surface area contributed by atoms with Crippen LogP contribution >= 0.6 is 11.6 Å². The molecule has 4 heteroatoms. The Balaban J connectivity index is 2.40. The molecule has 1 amide bonds. The summed E-state index contributed by atoms with van der Waals surface area (Å²) in [7, 11) is 0. The Bertz CT molecular complexity index is 395. The van der Waals surface area contributed by atoms with Crippen LogP contribution in [0.15, 0.2) is 24.3 Å². The van der Waals surface area contributed by atoms with Crippen molar-refractivity contribution in [3.8, 4) is 0 Å². The number of hydrogen-bond acceptors (Lipinski definition) is 2. The van der Waals surface area contributed by atoms with E-state index in [4.69, 9.17) is 16.7 Å². The molecule has 0 aliphatic heterocycles. The third-order valence-electron chi connectivity index (χ3n) is 3.11. The van der Waals surface area contributed by atoms with E-state index in [1.54, 1.807) is 0 Å². The number of aryl methyl sites for hydroxylation is 1. The molecule has 0 heterocycles. The molecule has 1 aromatic carbocycles. The number of hydrogen-bond donors (Lipinski definition) is 2. The molecule has 100 valence electrons. The Morgan fingerprint density at radius 3 is 2.67 bits per heavy atom. The molecule has 1 aromatic rings. The summed E-state index contributed by atoms with van der Waals surface area (Å²) in [6, 6.07) is 7.52. The highest BCUT2D eigenvalue weighted by Gasteiger charge is 2.13. The molecule has 2 N–H and O–H groups in total. The van der Waals surface area contributed by atoms with Gasteiger partial charge in [0.25, 0.3) is 0 Å². The molecule has 0 radical (unpaired) electrons. The standard InChI is InChI=1S/C14H20ClNO2/c1-10(9-17)11(2)16-14(18)8-7-12-5-3-4-6-13(12)15/h3-6,10-11,17H,7-9H2,1-2H3,(H,16,18). The second-order valence-corrected chi connectivity index (χ2v) is 5.01. The number of carbonyl (C=O) groups excluding carboxylic acids is 1. The first-order valence-corrected chi connectivity index (χ1v) is 6.56. The van der Waals surface area contributed by atoms with E-state index in [9.17, 15) is 4.79 Å². The maximum absolute atomic E-state index is 11.7. The van der Waals surface area contributed by atoms with Gasteiger partial charge in [-0.25, -0.2) is 0 Å². The van der Waals surface area contributed by atoms with E-state index in [2.05, 4.69) is 5.32 Å². The molecule has 1 rings (SSSR count). The average Bonchev–Trinajstić information content (AvgIpc) is 2.36. The fourth-order valence-corrected chi connectivity index (χ4v) is 1.81. The number of aliphatic hydroxyl groups is 1. The second-order valence-electron chi connectivity index (χ2n) is 4.61. The molecule has 0 aromatic heterocycles. The minimum atomic E-state index is -0.0197. The van der Waals surface area contributed by atoms with Gasteiger partial charge >= 0.3 is 0 Å². The first-order valence-electron chi connectivity index (χ1n) is 6.18. The quantitative estimate of drug-likeness (QED) is 0.833. The number of amides is 1. The summed E-state index contributed by atoms with van der Waals surface area (Å²) in [4.78, 5) is 11.7. The monoisotopic (exact) mass is 269 g/mol. The van der Waals surface area contributed by atoms with Gasteiger partial charge in [-0.1, -0.05) is 36.7 Å². The van der Waals surface area contributed by atoms with Crippen LogP contribution in [-0.2, 0) is 11.2 Å². The van der Waals surface area contributed by atoms with Crippen LogP contribution in [0.3, 0.4) is 0 Å². The van der Waals surface area contributed by atoms with Crippen molar-refractivity contribution in [3.63, 3.8) is 0 Å². The fraction of sp³-hybridized carbons (Fsp3) is 0.500. The topological polar surface area (TPSA) is 49.3 Å². The van der Waals surface area contributed by atoms with E-state index >= 15 is 0 Å². The number of nitrogens with one attached hydrogen (secondary N) is 1. The molecule has 18 heavy (non-hydrogen) atoms. The summed E-state index contributed by atoms with van der Waals surface area (Å²) in [5.74, 6) is 0.0528. The molecule has 0 bridgehead atoms. The number of rotatable bonds is 6. The number of aliphatic hydroxyl groups excluding tert-OH is 1. The third kappa shape index (κ3) is 4.67. The van der Waals surface area contributed by atoms with Crippen LogP contribution in [0.1, 0.15) is 25.8 Å². The molecule has 3 nitrogen and oxygen atoms in total. The molecular formula is C14H20ClNO2. The van der Waals surface area contributed by atoms with E-state index < -0.39 is 0 Å². The zero-order valence-corrected chi connectivity index (χ0v) is 11.6.